The number of amides is 1. The van der Waals surface area contributed by atoms with Crippen LogP contribution in [0.2, 0.25) is 0 Å². The molecule has 0 aliphatic heterocycles. The smallest absolute Gasteiger partial charge is 0.261 e. The molecule has 3 aromatic heterocycles. The van der Waals surface area contributed by atoms with Crippen LogP contribution in [-0.4, -0.2) is 60.9 Å². The second kappa shape index (κ2) is 11.8. The van der Waals surface area contributed by atoms with Gasteiger partial charge in [0.05, 0.1) is 12.4 Å². The molecule has 1 saturated carbocycles. The second-order valence-corrected chi connectivity index (χ2v) is 8.99. The number of nitrogens with one attached hydrogen (secondary N) is 3. The molecular weight excluding hydrogens is 454 g/mol. The maximum Gasteiger partial charge on any atom is 0.261 e. The molecule has 1 aliphatic carbocycles. The quantitative estimate of drug-likeness (QED) is 0.347. The Morgan fingerprint density at radius 3 is 2.76 bits per heavy atom. The number of nitrogens with zero attached hydrogens (tertiary/aromatic N) is 6. The average Bonchev–Trinajstić information content (AvgIpc) is 3.26. The standard InChI is InChI=1S/C22H31N9O2S/c1-3-23-19-27-20(24-4-2)31-21(28-19)29-30-22(31)34-14-17(32)26-18-16(11-8-12-25-18)33-13-15-9-6-5-7-10-15/h8,11-12,15H,3-7,9-10,13-14H2,1-2H3,(H,25,26,32)(H2,23,24,27,28,29). The lowest BCUT2D eigenvalue weighted by molar-refractivity contribution is -0.113. The van der Waals surface area contributed by atoms with E-state index in [0.717, 1.165) is 0 Å². The van der Waals surface area contributed by atoms with Crippen molar-refractivity contribution in [2.75, 3.05) is 41.4 Å². The number of pyridine rings is 1. The largest absolute Gasteiger partial charge is 0.489 e. The summed E-state index contributed by atoms with van der Waals surface area (Å²) in [6, 6.07) is 3.65. The Hall–Kier alpha value is -3.15. The number of hydrogen-bond donors (Lipinski definition) is 3. The summed E-state index contributed by atoms with van der Waals surface area (Å²) in [5, 5.41) is 18.0. The molecule has 11 nitrogen and oxygen atoms in total. The summed E-state index contributed by atoms with van der Waals surface area (Å²) in [6.07, 6.45) is 7.86. The molecule has 34 heavy (non-hydrogen) atoms. The number of aromatic nitrogens is 6. The van der Waals surface area contributed by atoms with Crippen LogP contribution in [0.5, 0.6) is 5.75 Å². The van der Waals surface area contributed by atoms with Crippen molar-refractivity contribution in [1.82, 2.24) is 29.5 Å². The molecule has 0 radical (unpaired) electrons. The normalized spacial score (nSPS) is 14.2. The first-order valence-corrected chi connectivity index (χ1v) is 12.8. The molecule has 0 bridgehead atoms. The van der Waals surface area contributed by atoms with Crippen molar-refractivity contribution < 1.29 is 9.53 Å². The fourth-order valence-corrected chi connectivity index (χ4v) is 4.59. The van der Waals surface area contributed by atoms with Gasteiger partial charge in [-0.05, 0) is 44.7 Å². The van der Waals surface area contributed by atoms with E-state index in [2.05, 4.69) is 41.1 Å². The Morgan fingerprint density at radius 1 is 1.15 bits per heavy atom. The molecule has 3 heterocycles. The predicted molar refractivity (Wildman–Crippen MR) is 133 cm³/mol. The Labute approximate surface area is 202 Å². The van der Waals surface area contributed by atoms with Crippen LogP contribution >= 0.6 is 11.8 Å². The van der Waals surface area contributed by atoms with Gasteiger partial charge in [0.2, 0.25) is 17.8 Å². The summed E-state index contributed by atoms with van der Waals surface area (Å²) >= 11 is 1.25. The zero-order chi connectivity index (χ0) is 23.8. The molecule has 0 spiro atoms. The Morgan fingerprint density at radius 2 is 1.97 bits per heavy atom. The highest BCUT2D eigenvalue weighted by Crippen LogP contribution is 2.27. The van der Waals surface area contributed by atoms with Gasteiger partial charge in [0.25, 0.3) is 5.78 Å². The molecule has 3 N–H and O–H groups in total. The summed E-state index contributed by atoms with van der Waals surface area (Å²) in [7, 11) is 0. The third kappa shape index (κ3) is 6.04. The van der Waals surface area contributed by atoms with E-state index in [1.54, 1.807) is 10.6 Å². The van der Waals surface area contributed by atoms with Crippen molar-refractivity contribution in [3.63, 3.8) is 0 Å². The summed E-state index contributed by atoms with van der Waals surface area (Å²) < 4.78 is 7.73. The molecule has 1 fully saturated rings. The van der Waals surface area contributed by atoms with Gasteiger partial charge in [0.1, 0.15) is 0 Å². The lowest BCUT2D eigenvalue weighted by atomic mass is 9.90. The van der Waals surface area contributed by atoms with Crippen LogP contribution in [0.3, 0.4) is 0 Å². The monoisotopic (exact) mass is 485 g/mol. The van der Waals surface area contributed by atoms with Gasteiger partial charge in [-0.2, -0.15) is 9.97 Å². The first kappa shape index (κ1) is 24.0. The lowest BCUT2D eigenvalue weighted by Crippen LogP contribution is -2.19. The van der Waals surface area contributed by atoms with Gasteiger partial charge in [-0.15, -0.1) is 10.2 Å². The van der Waals surface area contributed by atoms with Crippen LogP contribution in [0.4, 0.5) is 17.7 Å². The van der Waals surface area contributed by atoms with Crippen LogP contribution in [0.15, 0.2) is 23.5 Å². The van der Waals surface area contributed by atoms with Gasteiger partial charge < -0.3 is 20.7 Å². The average molecular weight is 486 g/mol. The lowest BCUT2D eigenvalue weighted by Gasteiger charge is -2.22. The maximum atomic E-state index is 12.7. The fourth-order valence-electron chi connectivity index (χ4n) is 3.86. The highest BCUT2D eigenvalue weighted by atomic mass is 32.2. The topological polar surface area (TPSA) is 131 Å². The molecule has 0 atom stereocenters. The zero-order valence-corrected chi connectivity index (χ0v) is 20.4. The van der Waals surface area contributed by atoms with Crippen molar-refractivity contribution in [3.8, 4) is 5.75 Å². The first-order chi connectivity index (χ1) is 16.7. The molecule has 1 aliphatic rings. The van der Waals surface area contributed by atoms with Crippen LogP contribution in [-0.2, 0) is 4.79 Å². The molecule has 4 rings (SSSR count). The van der Waals surface area contributed by atoms with Gasteiger partial charge in [0.15, 0.2) is 16.7 Å². The molecule has 1 amide bonds. The SMILES string of the molecule is CCNc1nc(NCC)n2c(SCC(=O)Nc3ncccc3OCC3CCCCC3)nnc2n1. The van der Waals surface area contributed by atoms with E-state index in [1.807, 2.05) is 26.0 Å². The number of carbonyl (C=O) groups is 1. The van der Waals surface area contributed by atoms with Gasteiger partial charge >= 0.3 is 0 Å². The summed E-state index contributed by atoms with van der Waals surface area (Å²) in [6.45, 7) is 5.96. The van der Waals surface area contributed by atoms with Gasteiger partial charge in [-0.3, -0.25) is 4.79 Å². The number of fused-ring (bicyclic) bond motifs is 1. The Bertz CT molecular complexity index is 1100. The van der Waals surface area contributed by atoms with Crippen molar-refractivity contribution in [1.29, 1.82) is 0 Å². The summed E-state index contributed by atoms with van der Waals surface area (Å²) in [5.74, 6) is 2.96. The van der Waals surface area contributed by atoms with E-state index < -0.39 is 0 Å². The number of thioether (sulfide) groups is 1. The van der Waals surface area contributed by atoms with Crippen molar-refractivity contribution in [3.05, 3.63) is 18.3 Å². The summed E-state index contributed by atoms with van der Waals surface area (Å²) in [5.41, 5.74) is 0. The molecular formula is C22H31N9O2S. The third-order valence-electron chi connectivity index (χ3n) is 5.48. The number of rotatable bonds is 11. The van der Waals surface area contributed by atoms with Crippen LogP contribution in [0, 0.1) is 5.92 Å². The van der Waals surface area contributed by atoms with E-state index in [4.69, 9.17) is 4.74 Å². The van der Waals surface area contributed by atoms with E-state index in [0.29, 0.717) is 60.0 Å². The van der Waals surface area contributed by atoms with E-state index in [1.165, 1.54) is 43.9 Å². The van der Waals surface area contributed by atoms with Gasteiger partial charge in [-0.25, -0.2) is 9.38 Å². The minimum Gasteiger partial charge on any atom is -0.489 e. The van der Waals surface area contributed by atoms with Crippen molar-refractivity contribution >= 4 is 41.2 Å². The molecule has 0 aromatic carbocycles. The maximum absolute atomic E-state index is 12.7. The van der Waals surface area contributed by atoms with E-state index >= 15 is 0 Å². The summed E-state index contributed by atoms with van der Waals surface area (Å²) in [4.78, 5) is 25.9. The second-order valence-electron chi connectivity index (χ2n) is 8.05. The molecule has 3 aromatic rings. The minimum absolute atomic E-state index is 0.125. The van der Waals surface area contributed by atoms with E-state index in [-0.39, 0.29) is 11.7 Å². The minimum atomic E-state index is -0.210. The number of ether oxygens (including phenoxy) is 1. The number of carbonyl (C=O) groups excluding carboxylic acids is 1. The number of hydrogen-bond acceptors (Lipinski definition) is 10. The molecule has 0 saturated heterocycles. The highest BCUT2D eigenvalue weighted by molar-refractivity contribution is 7.99. The predicted octanol–water partition coefficient (Wildman–Crippen LogP) is 3.47. The Balaban J connectivity index is 1.39. The van der Waals surface area contributed by atoms with Gasteiger partial charge in [0, 0.05) is 19.3 Å². The molecule has 12 heteroatoms. The van der Waals surface area contributed by atoms with Crippen LogP contribution < -0.4 is 20.7 Å². The van der Waals surface area contributed by atoms with E-state index in [9.17, 15) is 4.79 Å². The van der Waals surface area contributed by atoms with Gasteiger partial charge in [-0.1, -0.05) is 31.0 Å². The van der Waals surface area contributed by atoms with Crippen LogP contribution in [0.25, 0.3) is 5.78 Å². The molecule has 0 unspecified atom stereocenters. The fraction of sp³-hybridized carbons (Fsp3) is 0.545. The van der Waals surface area contributed by atoms with Crippen LogP contribution in [0.1, 0.15) is 46.0 Å². The highest BCUT2D eigenvalue weighted by Gasteiger charge is 2.18. The van der Waals surface area contributed by atoms with Crippen molar-refractivity contribution in [2.24, 2.45) is 5.92 Å². The zero-order valence-electron chi connectivity index (χ0n) is 19.6. The Kier molecular flexibility index (Phi) is 8.34. The van der Waals surface area contributed by atoms with Crippen molar-refractivity contribution in [2.45, 2.75) is 51.1 Å². The molecule has 182 valence electrons. The third-order valence-corrected chi connectivity index (χ3v) is 6.40. The first-order valence-electron chi connectivity index (χ1n) is 11.8. The number of anilines is 3.